The van der Waals surface area contributed by atoms with Crippen LogP contribution < -0.4 is 9.47 Å². The molecule has 2 aromatic carbocycles. The average molecular weight is 521 g/mol. The maximum Gasteiger partial charge on any atom is 0.317 e. The third kappa shape index (κ3) is 8.10. The lowest BCUT2D eigenvalue weighted by Gasteiger charge is -2.31. The van der Waals surface area contributed by atoms with Crippen LogP contribution in [0.15, 0.2) is 48.5 Å². The molecule has 2 aromatic rings. The molecule has 2 unspecified atom stereocenters. The monoisotopic (exact) mass is 520 g/mol. The zero-order valence-corrected chi connectivity index (χ0v) is 25.0. The van der Waals surface area contributed by atoms with Crippen LogP contribution in [0.1, 0.15) is 136 Å². The van der Waals surface area contributed by atoms with Crippen molar-refractivity contribution in [3.8, 4) is 11.5 Å². The molecular weight excluding hydrogens is 468 g/mol. The van der Waals surface area contributed by atoms with Gasteiger partial charge in [-0.1, -0.05) is 103 Å². The number of carbonyl (C=O) groups excluding carboxylic acids is 1. The summed E-state index contributed by atoms with van der Waals surface area (Å²) in [5, 5.41) is 0. The average Bonchev–Trinajstić information content (AvgIpc) is 2.91. The largest absolute Gasteiger partial charge is 0.488 e. The van der Waals surface area contributed by atoms with Crippen molar-refractivity contribution in [3.05, 3.63) is 59.7 Å². The summed E-state index contributed by atoms with van der Waals surface area (Å²) in [4.78, 5) is 13.1. The molecular formula is C35H52O3. The van der Waals surface area contributed by atoms with Crippen LogP contribution in [-0.2, 0) is 10.2 Å². The number of hydrogen-bond donors (Lipinski definition) is 0. The summed E-state index contributed by atoms with van der Waals surface area (Å²) in [5.41, 5.74) is 1.69. The number of ether oxygens (including phenoxy) is 2. The molecule has 0 aromatic heterocycles. The molecule has 0 aliphatic carbocycles. The fraction of sp³-hybridized carbons (Fsp3) is 0.629. The first-order valence-electron chi connectivity index (χ1n) is 15.2. The Morgan fingerprint density at radius 1 is 0.605 bits per heavy atom. The number of rotatable bonds is 2. The van der Waals surface area contributed by atoms with Crippen LogP contribution in [0.3, 0.4) is 0 Å². The van der Waals surface area contributed by atoms with Gasteiger partial charge in [0.2, 0.25) is 0 Å². The third-order valence-electron chi connectivity index (χ3n) is 9.18. The van der Waals surface area contributed by atoms with E-state index in [1.54, 1.807) is 0 Å². The first-order chi connectivity index (χ1) is 18.1. The summed E-state index contributed by atoms with van der Waals surface area (Å²) in [5.74, 6) is 1.47. The van der Waals surface area contributed by atoms with E-state index in [1.807, 2.05) is 12.1 Å². The smallest absolute Gasteiger partial charge is 0.317 e. The highest BCUT2D eigenvalue weighted by molar-refractivity contribution is 5.78. The van der Waals surface area contributed by atoms with Crippen molar-refractivity contribution in [2.75, 3.05) is 0 Å². The maximum atomic E-state index is 13.1. The molecule has 3 heteroatoms. The summed E-state index contributed by atoms with van der Waals surface area (Å²) in [7, 11) is 0. The summed E-state index contributed by atoms with van der Waals surface area (Å²) < 4.78 is 12.4. The van der Waals surface area contributed by atoms with Crippen molar-refractivity contribution in [2.45, 2.75) is 136 Å². The molecule has 2 atom stereocenters. The number of benzene rings is 2. The van der Waals surface area contributed by atoms with Crippen LogP contribution in [0.2, 0.25) is 0 Å². The van der Waals surface area contributed by atoms with Gasteiger partial charge in [0.05, 0.1) is 5.41 Å². The molecule has 210 valence electrons. The van der Waals surface area contributed by atoms with E-state index in [1.165, 1.54) is 62.5 Å². The van der Waals surface area contributed by atoms with Gasteiger partial charge < -0.3 is 9.47 Å². The quantitative estimate of drug-likeness (QED) is 0.292. The second-order valence-corrected chi connectivity index (χ2v) is 12.6. The lowest BCUT2D eigenvalue weighted by Crippen LogP contribution is -2.31. The van der Waals surface area contributed by atoms with Gasteiger partial charge in [0.25, 0.3) is 0 Å². The molecule has 0 radical (unpaired) electrons. The van der Waals surface area contributed by atoms with E-state index in [0.717, 1.165) is 37.9 Å². The molecule has 0 amide bonds. The second kappa shape index (κ2) is 13.7. The fourth-order valence-corrected chi connectivity index (χ4v) is 5.54. The highest BCUT2D eigenvalue weighted by atomic mass is 16.5. The first kappa shape index (κ1) is 30.3. The van der Waals surface area contributed by atoms with Gasteiger partial charge >= 0.3 is 5.97 Å². The van der Waals surface area contributed by atoms with Crippen LogP contribution in [0, 0.1) is 5.41 Å². The van der Waals surface area contributed by atoms with Crippen LogP contribution in [0.5, 0.6) is 11.5 Å². The molecule has 3 aliphatic rings. The molecule has 3 heterocycles. The molecule has 5 rings (SSSR count). The normalized spacial score (nSPS) is 26.1. The second-order valence-electron chi connectivity index (χ2n) is 12.6. The molecule has 3 aliphatic heterocycles. The Bertz CT molecular complexity index is 991. The predicted molar refractivity (Wildman–Crippen MR) is 159 cm³/mol. The minimum absolute atomic E-state index is 0.104. The van der Waals surface area contributed by atoms with E-state index in [4.69, 9.17) is 9.47 Å². The number of hydrogen-bond acceptors (Lipinski definition) is 3. The number of fused-ring (bicyclic) bond motifs is 2. The highest BCUT2D eigenvalue weighted by Gasteiger charge is 2.33. The van der Waals surface area contributed by atoms with Crippen LogP contribution >= 0.6 is 0 Å². The Labute approximate surface area is 232 Å². The Kier molecular flexibility index (Phi) is 10.9. The Balaban J connectivity index is 1.79. The van der Waals surface area contributed by atoms with E-state index in [9.17, 15) is 4.79 Å². The van der Waals surface area contributed by atoms with Gasteiger partial charge in [-0.15, -0.1) is 0 Å². The number of carbonyl (C=O) groups is 1. The van der Waals surface area contributed by atoms with Gasteiger partial charge in [0.1, 0.15) is 17.1 Å². The molecule has 0 spiro atoms. The van der Waals surface area contributed by atoms with Crippen LogP contribution in [0.25, 0.3) is 0 Å². The lowest BCUT2D eigenvalue weighted by atomic mass is 9.78. The van der Waals surface area contributed by atoms with Crippen LogP contribution in [0.4, 0.5) is 0 Å². The van der Waals surface area contributed by atoms with E-state index in [0.29, 0.717) is 5.75 Å². The number of esters is 1. The van der Waals surface area contributed by atoms with Crippen molar-refractivity contribution in [3.63, 3.8) is 0 Å². The molecule has 3 nitrogen and oxygen atoms in total. The topological polar surface area (TPSA) is 35.5 Å². The van der Waals surface area contributed by atoms with Crippen LogP contribution in [-0.4, -0.2) is 11.6 Å². The summed E-state index contributed by atoms with van der Waals surface area (Å²) in [6, 6.07) is 16.7. The maximum absolute atomic E-state index is 13.1. The van der Waals surface area contributed by atoms with Crippen molar-refractivity contribution < 1.29 is 14.3 Å². The van der Waals surface area contributed by atoms with Gasteiger partial charge in [-0.2, -0.15) is 0 Å². The lowest BCUT2D eigenvalue weighted by molar-refractivity contribution is -0.145. The predicted octanol–water partition coefficient (Wildman–Crippen LogP) is 10.2. The van der Waals surface area contributed by atoms with Gasteiger partial charge in [-0.3, -0.25) is 4.79 Å². The standard InChI is InChI=1S/C35H52O3/c1-7-34(5)26-16-14-12-10-9-11-13-15-17-27-35(6,8-2)38-31-24-20-29(21-25-31)33(3,4)28-18-22-30(23-19-28)37-32(34)36/h18-25H,7-17,26-27H2,1-6H3. The molecule has 0 N–H and O–H groups in total. The van der Waals surface area contributed by atoms with Gasteiger partial charge in [-0.25, -0.2) is 0 Å². The molecule has 0 fully saturated rings. The zero-order chi connectivity index (χ0) is 27.7. The van der Waals surface area contributed by atoms with Gasteiger partial charge in [0, 0.05) is 5.41 Å². The summed E-state index contributed by atoms with van der Waals surface area (Å²) in [6.07, 6.45) is 15.1. The first-order valence-corrected chi connectivity index (χ1v) is 15.2. The van der Waals surface area contributed by atoms with Crippen molar-refractivity contribution in [1.29, 1.82) is 0 Å². The molecule has 0 saturated carbocycles. The van der Waals surface area contributed by atoms with Gasteiger partial charge in [-0.05, 0) is 81.3 Å². The minimum Gasteiger partial charge on any atom is -0.488 e. The van der Waals surface area contributed by atoms with E-state index < -0.39 is 5.41 Å². The van der Waals surface area contributed by atoms with Crippen molar-refractivity contribution in [2.24, 2.45) is 5.41 Å². The summed E-state index contributed by atoms with van der Waals surface area (Å²) >= 11 is 0. The minimum atomic E-state index is -0.430. The Hall–Kier alpha value is -2.29. The SMILES string of the molecule is CCC1(C)CCCCCCCCCCCC(C)(CC)C(=O)Oc2ccc(cc2)C(C)(C)c2ccc(cc2)O1. The zero-order valence-electron chi connectivity index (χ0n) is 25.0. The molecule has 38 heavy (non-hydrogen) atoms. The van der Waals surface area contributed by atoms with E-state index in [-0.39, 0.29) is 17.0 Å². The van der Waals surface area contributed by atoms with E-state index >= 15 is 0 Å². The Morgan fingerprint density at radius 3 is 1.53 bits per heavy atom. The third-order valence-corrected chi connectivity index (χ3v) is 9.18. The van der Waals surface area contributed by atoms with Crippen molar-refractivity contribution >= 4 is 5.97 Å². The van der Waals surface area contributed by atoms with Gasteiger partial charge in [0.15, 0.2) is 0 Å². The Morgan fingerprint density at radius 2 is 1.05 bits per heavy atom. The summed E-state index contributed by atoms with van der Waals surface area (Å²) in [6.45, 7) is 13.1. The molecule has 0 saturated heterocycles. The highest BCUT2D eigenvalue weighted by Crippen LogP contribution is 2.36. The van der Waals surface area contributed by atoms with E-state index in [2.05, 4.69) is 77.9 Å². The molecule has 4 bridgehead atoms. The van der Waals surface area contributed by atoms with Crippen molar-refractivity contribution in [1.82, 2.24) is 0 Å². The fourth-order valence-electron chi connectivity index (χ4n) is 5.54.